The minimum atomic E-state index is -2.94. The molecule has 0 atom stereocenters. The molecule has 1 aromatic rings. The lowest BCUT2D eigenvalue weighted by molar-refractivity contribution is -0.0501. The summed E-state index contributed by atoms with van der Waals surface area (Å²) >= 11 is 0. The second-order valence-corrected chi connectivity index (χ2v) is 3.84. The number of hydrogen-bond donors (Lipinski definition) is 2. The Morgan fingerprint density at radius 1 is 1.32 bits per heavy atom. The van der Waals surface area contributed by atoms with Gasteiger partial charge in [-0.15, -0.1) is 0 Å². The normalized spacial score (nSPS) is 10.5. The average Bonchev–Trinajstić information content (AvgIpc) is 2.38. The molecule has 0 spiro atoms. The van der Waals surface area contributed by atoms with Crippen LogP contribution in [0.3, 0.4) is 0 Å². The summed E-state index contributed by atoms with van der Waals surface area (Å²) in [4.78, 5) is 11.8. The minimum absolute atomic E-state index is 0.110. The number of para-hydroxylation sites is 1. The molecule has 19 heavy (non-hydrogen) atoms. The Morgan fingerprint density at radius 3 is 2.74 bits per heavy atom. The number of carbonyl (C=O) groups excluding carboxylic acids is 1. The molecule has 1 amide bonds. The van der Waals surface area contributed by atoms with E-state index in [4.69, 9.17) is 0 Å². The molecular weight excluding hydrogens is 254 g/mol. The van der Waals surface area contributed by atoms with E-state index in [1.165, 1.54) is 12.1 Å². The molecule has 0 aromatic heterocycles. The van der Waals surface area contributed by atoms with Gasteiger partial charge in [-0.3, -0.25) is 4.79 Å². The lowest BCUT2D eigenvalue weighted by Crippen LogP contribution is -2.27. The van der Waals surface area contributed by atoms with Crippen molar-refractivity contribution in [2.24, 2.45) is 0 Å². The number of ether oxygens (including phenoxy) is 1. The first kappa shape index (κ1) is 15.4. The van der Waals surface area contributed by atoms with Crippen LogP contribution in [0, 0.1) is 0 Å². The van der Waals surface area contributed by atoms with Crippen LogP contribution in [-0.2, 0) is 0 Å². The third-order valence-electron chi connectivity index (χ3n) is 2.41. The Morgan fingerprint density at radius 2 is 2.05 bits per heavy atom. The van der Waals surface area contributed by atoms with Crippen molar-refractivity contribution in [3.63, 3.8) is 0 Å². The van der Waals surface area contributed by atoms with Gasteiger partial charge in [0.2, 0.25) is 0 Å². The van der Waals surface area contributed by atoms with E-state index >= 15 is 0 Å². The van der Waals surface area contributed by atoms with Crippen molar-refractivity contribution in [2.75, 3.05) is 19.6 Å². The zero-order valence-corrected chi connectivity index (χ0v) is 10.8. The van der Waals surface area contributed by atoms with Crippen LogP contribution in [-0.4, -0.2) is 32.2 Å². The molecule has 6 heteroatoms. The summed E-state index contributed by atoms with van der Waals surface area (Å²) in [5, 5.41) is 5.79. The largest absolute Gasteiger partial charge is 0.434 e. The highest BCUT2D eigenvalue weighted by atomic mass is 19.3. The molecule has 0 aliphatic rings. The number of hydrogen-bond acceptors (Lipinski definition) is 3. The third kappa shape index (κ3) is 5.65. The van der Waals surface area contributed by atoms with Crippen LogP contribution in [0.2, 0.25) is 0 Å². The Kier molecular flexibility index (Phi) is 6.81. The van der Waals surface area contributed by atoms with Gasteiger partial charge >= 0.3 is 6.61 Å². The van der Waals surface area contributed by atoms with E-state index in [9.17, 15) is 13.6 Å². The number of nitrogens with one attached hydrogen (secondary N) is 2. The average molecular weight is 272 g/mol. The van der Waals surface area contributed by atoms with Gasteiger partial charge in [-0.05, 0) is 31.6 Å². The van der Waals surface area contributed by atoms with Crippen LogP contribution >= 0.6 is 0 Å². The standard InChI is InChI=1S/C13H18F2N2O2/c1-2-16-8-5-9-17-12(18)10-6-3-4-7-11(10)19-13(14)15/h3-4,6-7,13,16H,2,5,8-9H2,1H3,(H,17,18). The Balaban J connectivity index is 2.51. The predicted octanol–water partition coefficient (Wildman–Crippen LogP) is 2.02. The smallest absolute Gasteiger partial charge is 0.387 e. The summed E-state index contributed by atoms with van der Waals surface area (Å²) in [5.41, 5.74) is 0.117. The maximum Gasteiger partial charge on any atom is 0.387 e. The molecular formula is C13H18F2N2O2. The topological polar surface area (TPSA) is 50.4 Å². The van der Waals surface area contributed by atoms with Gasteiger partial charge in [-0.25, -0.2) is 0 Å². The van der Waals surface area contributed by atoms with Gasteiger partial charge in [0.05, 0.1) is 5.56 Å². The highest BCUT2D eigenvalue weighted by Crippen LogP contribution is 2.19. The van der Waals surface area contributed by atoms with Gasteiger partial charge in [0.15, 0.2) is 0 Å². The second-order valence-electron chi connectivity index (χ2n) is 3.84. The molecule has 0 saturated heterocycles. The molecule has 0 fully saturated rings. The summed E-state index contributed by atoms with van der Waals surface area (Å²) in [6, 6.07) is 5.95. The third-order valence-corrected chi connectivity index (χ3v) is 2.41. The van der Waals surface area contributed by atoms with Gasteiger partial charge in [0, 0.05) is 6.54 Å². The molecule has 0 aliphatic heterocycles. The molecule has 106 valence electrons. The van der Waals surface area contributed by atoms with Crippen LogP contribution in [0.15, 0.2) is 24.3 Å². The summed E-state index contributed by atoms with van der Waals surface area (Å²) in [7, 11) is 0. The fourth-order valence-electron chi connectivity index (χ4n) is 1.54. The zero-order chi connectivity index (χ0) is 14.1. The van der Waals surface area contributed by atoms with Crippen molar-refractivity contribution in [3.8, 4) is 5.75 Å². The van der Waals surface area contributed by atoms with Gasteiger partial charge in [0.1, 0.15) is 5.75 Å². The van der Waals surface area contributed by atoms with Gasteiger partial charge in [0.25, 0.3) is 5.91 Å². The van der Waals surface area contributed by atoms with E-state index in [1.807, 2.05) is 6.92 Å². The number of amides is 1. The summed E-state index contributed by atoms with van der Waals surface area (Å²) in [6.07, 6.45) is 0.775. The molecule has 1 aromatic carbocycles. The number of carbonyl (C=O) groups is 1. The van der Waals surface area contributed by atoms with E-state index in [0.717, 1.165) is 19.5 Å². The van der Waals surface area contributed by atoms with Gasteiger partial charge < -0.3 is 15.4 Å². The molecule has 0 aliphatic carbocycles. The first-order valence-corrected chi connectivity index (χ1v) is 6.18. The summed E-state index contributed by atoms with van der Waals surface area (Å²) < 4.78 is 28.7. The quantitative estimate of drug-likeness (QED) is 0.712. The molecule has 1 rings (SSSR count). The van der Waals surface area contributed by atoms with Crippen LogP contribution in [0.4, 0.5) is 8.78 Å². The lowest BCUT2D eigenvalue weighted by atomic mass is 10.2. The van der Waals surface area contributed by atoms with Crippen molar-refractivity contribution in [1.82, 2.24) is 10.6 Å². The number of alkyl halides is 2. The second kappa shape index (κ2) is 8.42. The lowest BCUT2D eigenvalue weighted by Gasteiger charge is -2.10. The van der Waals surface area contributed by atoms with Crippen LogP contribution in [0.5, 0.6) is 5.75 Å². The van der Waals surface area contributed by atoms with Gasteiger partial charge in [-0.1, -0.05) is 19.1 Å². The molecule has 2 N–H and O–H groups in total. The monoisotopic (exact) mass is 272 g/mol. The Bertz CT molecular complexity index is 400. The van der Waals surface area contributed by atoms with E-state index in [-0.39, 0.29) is 11.3 Å². The fraction of sp³-hybridized carbons (Fsp3) is 0.462. The molecule has 0 radical (unpaired) electrons. The first-order chi connectivity index (χ1) is 9.15. The Labute approximate surface area is 111 Å². The summed E-state index contributed by atoms with van der Waals surface area (Å²) in [6.45, 7) is 1.21. The predicted molar refractivity (Wildman–Crippen MR) is 68.6 cm³/mol. The number of benzene rings is 1. The fourth-order valence-corrected chi connectivity index (χ4v) is 1.54. The number of rotatable bonds is 8. The maximum absolute atomic E-state index is 12.2. The van der Waals surface area contributed by atoms with Crippen molar-refractivity contribution in [2.45, 2.75) is 20.0 Å². The van der Waals surface area contributed by atoms with Crippen molar-refractivity contribution < 1.29 is 18.3 Å². The maximum atomic E-state index is 12.2. The van der Waals surface area contributed by atoms with Crippen molar-refractivity contribution in [3.05, 3.63) is 29.8 Å². The summed E-state index contributed by atoms with van der Waals surface area (Å²) in [5.74, 6) is -0.519. The van der Waals surface area contributed by atoms with E-state index in [2.05, 4.69) is 15.4 Å². The minimum Gasteiger partial charge on any atom is -0.434 e. The highest BCUT2D eigenvalue weighted by molar-refractivity contribution is 5.96. The van der Waals surface area contributed by atoms with E-state index in [0.29, 0.717) is 6.54 Å². The number of halogens is 2. The first-order valence-electron chi connectivity index (χ1n) is 6.18. The molecule has 4 nitrogen and oxygen atoms in total. The molecule has 0 unspecified atom stereocenters. The van der Waals surface area contributed by atoms with Crippen molar-refractivity contribution >= 4 is 5.91 Å². The van der Waals surface area contributed by atoms with Crippen LogP contribution in [0.25, 0.3) is 0 Å². The highest BCUT2D eigenvalue weighted by Gasteiger charge is 2.14. The van der Waals surface area contributed by atoms with Gasteiger partial charge in [-0.2, -0.15) is 8.78 Å². The molecule has 0 heterocycles. The molecule has 0 saturated carbocycles. The van der Waals surface area contributed by atoms with Crippen LogP contribution < -0.4 is 15.4 Å². The van der Waals surface area contributed by atoms with Crippen LogP contribution in [0.1, 0.15) is 23.7 Å². The molecule has 0 bridgehead atoms. The van der Waals surface area contributed by atoms with Crippen molar-refractivity contribution in [1.29, 1.82) is 0 Å². The SMILES string of the molecule is CCNCCCNC(=O)c1ccccc1OC(F)F. The van der Waals surface area contributed by atoms with E-state index < -0.39 is 12.5 Å². The zero-order valence-electron chi connectivity index (χ0n) is 10.8. The Hall–Kier alpha value is -1.69. The van der Waals surface area contributed by atoms with E-state index in [1.54, 1.807) is 12.1 Å².